The Morgan fingerprint density at radius 3 is 2.61 bits per heavy atom. The van der Waals surface area contributed by atoms with E-state index < -0.39 is 0 Å². The van der Waals surface area contributed by atoms with Gasteiger partial charge in [-0.05, 0) is 67.8 Å². The third kappa shape index (κ3) is 2.31. The van der Waals surface area contributed by atoms with Gasteiger partial charge in [-0.2, -0.15) is 0 Å². The molecule has 0 amide bonds. The van der Waals surface area contributed by atoms with Gasteiger partial charge in [0.25, 0.3) is 0 Å². The first kappa shape index (κ1) is 13.5. The maximum atomic E-state index is 14.1. The van der Waals surface area contributed by atoms with Crippen LogP contribution in [0.2, 0.25) is 0 Å². The van der Waals surface area contributed by atoms with Gasteiger partial charge in [0.2, 0.25) is 0 Å². The van der Waals surface area contributed by atoms with Crippen LogP contribution in [0, 0.1) is 25.1 Å². The predicted molar refractivity (Wildman–Crippen MR) is 74.4 cm³/mol. The molecule has 0 bridgehead atoms. The molecule has 0 aliphatic heterocycles. The summed E-state index contributed by atoms with van der Waals surface area (Å²) in [5.41, 5.74) is 4.45. The van der Waals surface area contributed by atoms with Crippen LogP contribution in [0.5, 0.6) is 0 Å². The summed E-state index contributed by atoms with van der Waals surface area (Å²) >= 11 is 0. The summed E-state index contributed by atoms with van der Waals surface area (Å²) in [5.74, 6) is -0.0336. The van der Waals surface area contributed by atoms with Gasteiger partial charge in [0.1, 0.15) is 5.82 Å². The van der Waals surface area contributed by atoms with E-state index in [4.69, 9.17) is 0 Å². The van der Waals surface area contributed by atoms with Crippen LogP contribution in [0.15, 0.2) is 6.07 Å². The molecule has 1 aliphatic rings. The van der Waals surface area contributed by atoms with Crippen molar-refractivity contribution in [1.82, 2.24) is 5.32 Å². The fourth-order valence-electron chi connectivity index (χ4n) is 3.23. The topological polar surface area (TPSA) is 12.0 Å². The number of rotatable bonds is 1. The van der Waals surface area contributed by atoms with Crippen molar-refractivity contribution >= 4 is 0 Å². The predicted octanol–water partition coefficient (Wildman–Crippen LogP) is 4.07. The van der Waals surface area contributed by atoms with Crippen LogP contribution in [0.1, 0.15) is 55.0 Å². The molecular weight excluding hydrogens is 225 g/mol. The molecule has 1 aromatic rings. The highest BCUT2D eigenvalue weighted by Gasteiger charge is 2.30. The van der Waals surface area contributed by atoms with E-state index in [9.17, 15) is 4.39 Å². The molecule has 0 spiro atoms. The number of hydrogen-bond acceptors (Lipinski definition) is 1. The number of aryl methyl sites for hydroxylation is 2. The molecule has 2 heteroatoms. The summed E-state index contributed by atoms with van der Waals surface area (Å²) in [6.45, 7) is 8.40. The van der Waals surface area contributed by atoms with Gasteiger partial charge in [0.05, 0.1) is 0 Å². The smallest absolute Gasteiger partial charge is 0.129 e. The Hall–Kier alpha value is -0.890. The first-order chi connectivity index (χ1) is 8.35. The highest BCUT2D eigenvalue weighted by atomic mass is 19.1. The second-order valence-corrected chi connectivity index (χ2v) is 6.41. The average Bonchev–Trinajstić information content (AvgIpc) is 2.43. The van der Waals surface area contributed by atoms with E-state index in [1.807, 2.05) is 27.0 Å². The van der Waals surface area contributed by atoms with Gasteiger partial charge in [0, 0.05) is 6.04 Å². The molecule has 1 aromatic carbocycles. The normalized spacial score (nSPS) is 22.4. The first-order valence-electron chi connectivity index (χ1n) is 6.81. The van der Waals surface area contributed by atoms with E-state index in [2.05, 4.69) is 19.2 Å². The standard InChI is InChI=1S/C16H24FN/c1-10-8-12-6-7-16(3,4)9-13(18-5)14(12)11(2)15(10)17/h8,13,18H,6-7,9H2,1-5H3. The van der Waals surface area contributed by atoms with E-state index in [0.29, 0.717) is 5.41 Å². The largest absolute Gasteiger partial charge is 0.313 e. The number of benzene rings is 1. The van der Waals surface area contributed by atoms with Crippen LogP contribution in [0.4, 0.5) is 4.39 Å². The first-order valence-corrected chi connectivity index (χ1v) is 6.81. The van der Waals surface area contributed by atoms with Crippen LogP contribution in [-0.2, 0) is 6.42 Å². The molecule has 18 heavy (non-hydrogen) atoms. The van der Waals surface area contributed by atoms with Crippen LogP contribution in [0.25, 0.3) is 0 Å². The Morgan fingerprint density at radius 2 is 2.00 bits per heavy atom. The third-order valence-electron chi connectivity index (χ3n) is 4.34. The van der Waals surface area contributed by atoms with E-state index in [-0.39, 0.29) is 11.9 Å². The van der Waals surface area contributed by atoms with Gasteiger partial charge in [0.15, 0.2) is 0 Å². The van der Waals surface area contributed by atoms with Crippen molar-refractivity contribution in [3.63, 3.8) is 0 Å². The lowest BCUT2D eigenvalue weighted by atomic mass is 9.82. The fourth-order valence-corrected chi connectivity index (χ4v) is 3.23. The summed E-state index contributed by atoms with van der Waals surface area (Å²) in [4.78, 5) is 0. The van der Waals surface area contributed by atoms with Crippen LogP contribution in [0.3, 0.4) is 0 Å². The van der Waals surface area contributed by atoms with Gasteiger partial charge in [-0.15, -0.1) is 0 Å². The van der Waals surface area contributed by atoms with E-state index in [1.165, 1.54) is 17.5 Å². The summed E-state index contributed by atoms with van der Waals surface area (Å²) in [6.07, 6.45) is 3.30. The Morgan fingerprint density at radius 1 is 1.33 bits per heavy atom. The number of hydrogen-bond donors (Lipinski definition) is 1. The molecule has 1 atom stereocenters. The van der Waals surface area contributed by atoms with Crippen molar-refractivity contribution in [3.8, 4) is 0 Å². The van der Waals surface area contributed by atoms with Crippen LogP contribution >= 0.6 is 0 Å². The molecule has 1 nitrogen and oxygen atoms in total. The SMILES string of the molecule is CNC1CC(C)(C)CCc2cc(C)c(F)c(C)c21. The molecule has 1 N–H and O–H groups in total. The van der Waals surface area contributed by atoms with Crippen LogP contribution in [-0.4, -0.2) is 7.05 Å². The van der Waals surface area contributed by atoms with E-state index in [0.717, 1.165) is 24.0 Å². The summed E-state index contributed by atoms with van der Waals surface area (Å²) in [6, 6.07) is 2.32. The lowest BCUT2D eigenvalue weighted by Gasteiger charge is -2.27. The average molecular weight is 249 g/mol. The van der Waals surface area contributed by atoms with Crippen molar-refractivity contribution in [2.75, 3.05) is 7.05 Å². The third-order valence-corrected chi connectivity index (χ3v) is 4.34. The van der Waals surface area contributed by atoms with Crippen molar-refractivity contribution in [3.05, 3.63) is 34.1 Å². The summed E-state index contributed by atoms with van der Waals surface area (Å²) in [5, 5.41) is 3.38. The molecule has 1 aliphatic carbocycles. The van der Waals surface area contributed by atoms with Crippen molar-refractivity contribution in [2.45, 2.75) is 53.0 Å². The lowest BCUT2D eigenvalue weighted by molar-refractivity contribution is 0.279. The highest BCUT2D eigenvalue weighted by Crippen LogP contribution is 2.41. The van der Waals surface area contributed by atoms with Crippen LogP contribution < -0.4 is 5.32 Å². The van der Waals surface area contributed by atoms with Crippen molar-refractivity contribution < 1.29 is 4.39 Å². The summed E-state index contributed by atoms with van der Waals surface area (Å²) in [7, 11) is 1.98. The Kier molecular flexibility index (Phi) is 3.50. The zero-order valence-electron chi connectivity index (χ0n) is 12.2. The van der Waals surface area contributed by atoms with Gasteiger partial charge in [-0.3, -0.25) is 0 Å². The quantitative estimate of drug-likeness (QED) is 0.740. The molecule has 0 aromatic heterocycles. The molecule has 0 saturated carbocycles. The fraction of sp³-hybridized carbons (Fsp3) is 0.625. The number of halogens is 1. The van der Waals surface area contributed by atoms with E-state index >= 15 is 0 Å². The van der Waals surface area contributed by atoms with Gasteiger partial charge in [-0.25, -0.2) is 4.39 Å². The summed E-state index contributed by atoms with van der Waals surface area (Å²) < 4.78 is 14.1. The molecule has 0 radical (unpaired) electrons. The Balaban J connectivity index is 2.58. The van der Waals surface area contributed by atoms with E-state index in [1.54, 1.807) is 0 Å². The molecule has 0 fully saturated rings. The van der Waals surface area contributed by atoms with Gasteiger partial charge < -0.3 is 5.32 Å². The monoisotopic (exact) mass is 249 g/mol. The molecule has 0 saturated heterocycles. The molecule has 2 rings (SSSR count). The maximum absolute atomic E-state index is 14.1. The molecular formula is C16H24FN. The zero-order chi connectivity index (χ0) is 13.5. The van der Waals surface area contributed by atoms with Gasteiger partial charge >= 0.3 is 0 Å². The minimum Gasteiger partial charge on any atom is -0.313 e. The molecule has 100 valence electrons. The molecule has 1 unspecified atom stereocenters. The van der Waals surface area contributed by atoms with Crippen molar-refractivity contribution in [1.29, 1.82) is 0 Å². The number of fused-ring (bicyclic) bond motifs is 1. The second kappa shape index (κ2) is 4.65. The Labute approximate surface area is 110 Å². The van der Waals surface area contributed by atoms with Crippen molar-refractivity contribution in [2.24, 2.45) is 5.41 Å². The maximum Gasteiger partial charge on any atom is 0.129 e. The number of nitrogens with one attached hydrogen (secondary N) is 1. The van der Waals surface area contributed by atoms with Gasteiger partial charge in [-0.1, -0.05) is 19.9 Å². The minimum absolute atomic E-state index is 0.0336. The minimum atomic E-state index is -0.0336. The second-order valence-electron chi connectivity index (χ2n) is 6.41. The Bertz CT molecular complexity index is 463. The zero-order valence-corrected chi connectivity index (χ0v) is 12.2. The molecule has 0 heterocycles. The lowest BCUT2D eigenvalue weighted by Crippen LogP contribution is -2.23. The highest BCUT2D eigenvalue weighted by molar-refractivity contribution is 5.42.